The van der Waals surface area contributed by atoms with E-state index in [-0.39, 0.29) is 23.6 Å². The molecule has 34 heavy (non-hydrogen) atoms. The van der Waals surface area contributed by atoms with Crippen LogP contribution < -0.4 is 0 Å². The lowest BCUT2D eigenvalue weighted by molar-refractivity contribution is 0.0597. The Morgan fingerprint density at radius 3 is 2.03 bits per heavy atom. The third-order valence-electron chi connectivity index (χ3n) is 5.98. The summed E-state index contributed by atoms with van der Waals surface area (Å²) in [6, 6.07) is 16.0. The van der Waals surface area contributed by atoms with Gasteiger partial charge in [-0.05, 0) is 47.5 Å². The molecule has 0 atom stereocenters. The van der Waals surface area contributed by atoms with E-state index in [1.807, 2.05) is 4.90 Å². The van der Waals surface area contributed by atoms with Gasteiger partial charge in [0.25, 0.3) is 5.91 Å². The molecule has 7 nitrogen and oxygen atoms in total. The Hall–Kier alpha value is -3.98. The second-order valence-electron chi connectivity index (χ2n) is 8.08. The zero-order chi connectivity index (χ0) is 23.5. The first-order valence-electron chi connectivity index (χ1n) is 10.9. The molecule has 0 radical (unpaired) electrons. The Morgan fingerprint density at radius 2 is 1.47 bits per heavy atom. The quantitative estimate of drug-likeness (QED) is 0.456. The lowest BCUT2D eigenvalue weighted by Crippen LogP contribution is -2.49. The van der Waals surface area contributed by atoms with E-state index in [0.717, 1.165) is 11.1 Å². The number of carbonyl (C=O) groups is 1. The van der Waals surface area contributed by atoms with Gasteiger partial charge in [0.2, 0.25) is 0 Å². The van der Waals surface area contributed by atoms with Crippen LogP contribution in [0.2, 0.25) is 0 Å². The Labute approximate surface area is 195 Å². The number of amides is 1. The first-order valence-corrected chi connectivity index (χ1v) is 10.9. The van der Waals surface area contributed by atoms with E-state index >= 15 is 0 Å². The number of hydrogen-bond donors (Lipinski definition) is 0. The van der Waals surface area contributed by atoms with Crippen molar-refractivity contribution in [1.82, 2.24) is 29.5 Å². The molecule has 2 aromatic carbocycles. The Bertz CT molecular complexity index is 1210. The molecule has 1 fully saturated rings. The molecular weight excluding hydrogens is 438 g/mol. The summed E-state index contributed by atoms with van der Waals surface area (Å²) in [4.78, 5) is 25.4. The first-order chi connectivity index (χ1) is 16.6. The van der Waals surface area contributed by atoms with Crippen LogP contribution in [0.4, 0.5) is 8.78 Å². The lowest BCUT2D eigenvalue weighted by atomic mass is 9.96. The number of halogens is 2. The SMILES string of the molecule is O=C(c1ccnc(-n2cncn2)c1)N1CCN(C(c2ccc(F)cc2)c2ccc(F)cc2)CC1. The largest absolute Gasteiger partial charge is 0.336 e. The van der Waals surface area contributed by atoms with Crippen molar-refractivity contribution in [3.8, 4) is 5.82 Å². The first kappa shape index (κ1) is 21.8. The molecule has 2 aromatic heterocycles. The van der Waals surface area contributed by atoms with Gasteiger partial charge in [0.1, 0.15) is 24.3 Å². The molecule has 1 aliphatic rings. The van der Waals surface area contributed by atoms with Gasteiger partial charge in [0.05, 0.1) is 6.04 Å². The maximum absolute atomic E-state index is 13.5. The van der Waals surface area contributed by atoms with Gasteiger partial charge in [-0.15, -0.1) is 0 Å². The van der Waals surface area contributed by atoms with Gasteiger partial charge < -0.3 is 4.90 Å². The number of pyridine rings is 1. The zero-order valence-electron chi connectivity index (χ0n) is 18.3. The molecule has 4 aromatic rings. The molecule has 3 heterocycles. The number of piperazine rings is 1. The van der Waals surface area contributed by atoms with E-state index in [0.29, 0.717) is 37.6 Å². The maximum Gasteiger partial charge on any atom is 0.254 e. The summed E-state index contributed by atoms with van der Waals surface area (Å²) in [5.41, 5.74) is 2.36. The van der Waals surface area contributed by atoms with Crippen LogP contribution in [0.1, 0.15) is 27.5 Å². The normalized spacial score (nSPS) is 14.5. The van der Waals surface area contributed by atoms with Gasteiger partial charge in [-0.3, -0.25) is 9.69 Å². The fraction of sp³-hybridized carbons (Fsp3) is 0.200. The van der Waals surface area contributed by atoms with Crippen LogP contribution in [-0.2, 0) is 0 Å². The molecule has 1 amide bonds. The molecule has 9 heteroatoms. The second kappa shape index (κ2) is 9.48. The topological polar surface area (TPSA) is 67.2 Å². The van der Waals surface area contributed by atoms with Gasteiger partial charge in [0.15, 0.2) is 5.82 Å². The van der Waals surface area contributed by atoms with E-state index in [9.17, 15) is 13.6 Å². The molecule has 5 rings (SSSR count). The summed E-state index contributed by atoms with van der Waals surface area (Å²) >= 11 is 0. The third-order valence-corrected chi connectivity index (χ3v) is 5.98. The Morgan fingerprint density at radius 1 is 0.853 bits per heavy atom. The number of nitrogens with zero attached hydrogens (tertiary/aromatic N) is 6. The van der Waals surface area contributed by atoms with Gasteiger partial charge in [-0.1, -0.05) is 24.3 Å². The molecule has 0 unspecified atom stereocenters. The molecule has 0 saturated carbocycles. The van der Waals surface area contributed by atoms with Crippen LogP contribution in [0, 0.1) is 11.6 Å². The third kappa shape index (κ3) is 4.55. The van der Waals surface area contributed by atoms with Crippen LogP contribution in [0.5, 0.6) is 0 Å². The van der Waals surface area contributed by atoms with Crippen molar-refractivity contribution in [3.05, 3.63) is 108 Å². The summed E-state index contributed by atoms with van der Waals surface area (Å²) in [7, 11) is 0. The minimum absolute atomic E-state index is 0.0801. The maximum atomic E-state index is 13.5. The van der Waals surface area contributed by atoms with Crippen molar-refractivity contribution in [2.45, 2.75) is 6.04 Å². The predicted molar refractivity (Wildman–Crippen MR) is 121 cm³/mol. The predicted octanol–water partition coefficient (Wildman–Crippen LogP) is 3.49. The summed E-state index contributed by atoms with van der Waals surface area (Å²) < 4.78 is 28.6. The van der Waals surface area contributed by atoms with Crippen LogP contribution in [0.15, 0.2) is 79.5 Å². The van der Waals surface area contributed by atoms with Crippen molar-refractivity contribution in [2.75, 3.05) is 26.2 Å². The molecule has 0 aliphatic carbocycles. The summed E-state index contributed by atoms with van der Waals surface area (Å²) in [5.74, 6) is -0.169. The highest BCUT2D eigenvalue weighted by atomic mass is 19.1. The van der Waals surface area contributed by atoms with Crippen molar-refractivity contribution < 1.29 is 13.6 Å². The monoisotopic (exact) mass is 460 g/mol. The van der Waals surface area contributed by atoms with E-state index in [2.05, 4.69) is 20.0 Å². The average molecular weight is 460 g/mol. The van der Waals surface area contributed by atoms with Crippen LogP contribution in [-0.4, -0.2) is 61.6 Å². The fourth-order valence-corrected chi connectivity index (χ4v) is 4.27. The number of rotatable bonds is 5. The molecule has 1 saturated heterocycles. The summed E-state index contributed by atoms with van der Waals surface area (Å²) in [6.45, 7) is 2.29. The molecule has 0 N–H and O–H groups in total. The van der Waals surface area contributed by atoms with Crippen molar-refractivity contribution in [3.63, 3.8) is 0 Å². The van der Waals surface area contributed by atoms with E-state index in [1.54, 1.807) is 42.6 Å². The van der Waals surface area contributed by atoms with Crippen LogP contribution in [0.3, 0.4) is 0 Å². The molecule has 172 valence electrons. The van der Waals surface area contributed by atoms with E-state index in [4.69, 9.17) is 0 Å². The minimum atomic E-state index is -0.306. The summed E-state index contributed by atoms with van der Waals surface area (Å²) in [6.07, 6.45) is 4.52. The Balaban J connectivity index is 1.33. The van der Waals surface area contributed by atoms with E-state index in [1.165, 1.54) is 41.6 Å². The highest BCUT2D eigenvalue weighted by Crippen LogP contribution is 2.30. The smallest absolute Gasteiger partial charge is 0.254 e. The molecule has 1 aliphatic heterocycles. The highest BCUT2D eigenvalue weighted by Gasteiger charge is 2.29. The van der Waals surface area contributed by atoms with Crippen LogP contribution in [0.25, 0.3) is 5.82 Å². The minimum Gasteiger partial charge on any atom is -0.336 e. The number of carbonyl (C=O) groups excluding carboxylic acids is 1. The molecule has 0 spiro atoms. The van der Waals surface area contributed by atoms with Gasteiger partial charge >= 0.3 is 0 Å². The number of aromatic nitrogens is 4. The van der Waals surface area contributed by atoms with Crippen molar-refractivity contribution >= 4 is 5.91 Å². The lowest BCUT2D eigenvalue weighted by Gasteiger charge is -2.39. The van der Waals surface area contributed by atoms with Gasteiger partial charge in [-0.2, -0.15) is 5.10 Å². The fourth-order valence-electron chi connectivity index (χ4n) is 4.27. The number of hydrogen-bond acceptors (Lipinski definition) is 5. The zero-order valence-corrected chi connectivity index (χ0v) is 18.3. The van der Waals surface area contributed by atoms with Crippen molar-refractivity contribution in [1.29, 1.82) is 0 Å². The average Bonchev–Trinajstić information content (AvgIpc) is 3.42. The highest BCUT2D eigenvalue weighted by molar-refractivity contribution is 5.94. The van der Waals surface area contributed by atoms with Crippen LogP contribution >= 0.6 is 0 Å². The second-order valence-corrected chi connectivity index (χ2v) is 8.08. The Kier molecular flexibility index (Phi) is 6.09. The number of benzene rings is 2. The molecule has 0 bridgehead atoms. The van der Waals surface area contributed by atoms with Gasteiger partial charge in [0, 0.05) is 37.9 Å². The standard InChI is InChI=1S/C25H22F2N6O/c26-21-5-1-18(2-6-21)24(19-3-7-22(27)8-4-19)31-11-13-32(14-12-31)25(34)20-9-10-29-23(15-20)33-17-28-16-30-33/h1-10,15-17,24H,11-14H2. The summed E-state index contributed by atoms with van der Waals surface area (Å²) in [5, 5.41) is 4.06. The van der Waals surface area contributed by atoms with Crippen molar-refractivity contribution in [2.24, 2.45) is 0 Å². The molecular formula is C25H22F2N6O. The van der Waals surface area contributed by atoms with Gasteiger partial charge in [-0.25, -0.2) is 23.4 Å². The van der Waals surface area contributed by atoms with E-state index < -0.39 is 0 Å².